The van der Waals surface area contributed by atoms with Gasteiger partial charge >= 0.3 is 12.0 Å². The number of allylic oxidation sites excluding steroid dienone is 2. The van der Waals surface area contributed by atoms with Crippen molar-refractivity contribution in [1.82, 2.24) is 21.4 Å². The van der Waals surface area contributed by atoms with Crippen LogP contribution >= 0.6 is 55.9 Å². The van der Waals surface area contributed by atoms with Gasteiger partial charge < -0.3 is 114 Å². The first-order valence-corrected chi connectivity index (χ1v) is 41.9. The van der Waals surface area contributed by atoms with E-state index >= 15 is 0 Å². The van der Waals surface area contributed by atoms with Crippen molar-refractivity contribution < 1.29 is 121 Å². The van der Waals surface area contributed by atoms with Crippen LogP contribution in [0.1, 0.15) is 150 Å². The van der Waals surface area contributed by atoms with Crippen LogP contribution in [0.3, 0.4) is 0 Å². The van der Waals surface area contributed by atoms with Crippen LogP contribution in [0.5, 0.6) is 17.2 Å². The predicted molar refractivity (Wildman–Crippen MR) is 420 cm³/mol. The number of Topliss-reactive ketones (excluding diaryl/α,β-unsaturated/α-hetero) is 3. The number of methoxy groups -OCH3 is 4. The van der Waals surface area contributed by atoms with Crippen molar-refractivity contribution in [2.45, 2.75) is 267 Å². The molecule has 4 heterocycles. The Hall–Kier alpha value is -4.75. The number of ketones is 3. The molecule has 1 spiro atoms. The number of aliphatic hydroxyl groups excluding tert-OH is 4. The number of hydrogen-bond donors (Lipinski definition) is 11. The fraction of sp³-hybridized carbons (Fsp3) is 0.727. The maximum Gasteiger partial charge on any atom is 0.312 e. The first kappa shape index (κ1) is 91.8. The molecule has 620 valence electrons. The summed E-state index contributed by atoms with van der Waals surface area (Å²) in [7, 11) is 8.22. The van der Waals surface area contributed by atoms with Crippen LogP contribution in [-0.2, 0) is 66.7 Å². The third kappa shape index (κ3) is 21.2. The molecule has 12 N–H and O–H groups in total. The lowest BCUT2D eigenvalue weighted by atomic mass is 9.44. The maximum atomic E-state index is 14.6. The van der Waals surface area contributed by atoms with E-state index in [4.69, 9.17) is 62.7 Å². The average Bonchev–Trinajstić information content (AvgIpc) is 1.51. The van der Waals surface area contributed by atoms with E-state index in [-0.39, 0.29) is 110 Å². The normalized spacial score (nSPS) is 34.2. The number of nitrogens with one attached hydrogen (secondary N) is 4. The number of carboxylic acids is 1. The van der Waals surface area contributed by atoms with Crippen LogP contribution in [-0.4, -0.2) is 251 Å². The number of thioether (sulfide) groups is 1. The standard InChI is InChI=1S/C77H112IN5O25S3/c1-17-80-49-35-101-54(33-53(49)97-13)106-66-61(89)59(83-108-55-32-50(86)68(43(10)102-55)110-71(94)56-40(7)58(78)64(67(100-16)63(56)98-14)107-72-62(90)65(99-15)60(88)42(9)104-72)41(8)103-73(66)105-52-22-18-20-37(4)25-27-76-48(31-39(6)85)51(87)34-77(76,96)46(57(52)76)26-29-109-111-75(11,12)47(70(92)93)24-23-44(21-19-28-81-74(79)95)82-69(91)45(36(2)3)30-38(5)84/h20,26,36,41-45,47-50,52-55,57,59-62,65-66,68,72-73,80,83,86,88-90,96H,17,19,21,23-24,28-35H2,1-16H3,(H,82,91)(H,92,93)(H3,79,81,95)/b37-20-,46-26+/t41-,42+,43-,44+,45+,47-,48?,49+,50+,52+,53+,54+,55+,57?,59-,60+,61+,62-,65-,66-,68-,72+,73+,76?,77+/m1/s1. The van der Waals surface area contributed by atoms with Gasteiger partial charge in [-0.1, -0.05) is 83.9 Å². The van der Waals surface area contributed by atoms with Gasteiger partial charge in [-0.15, -0.1) is 0 Å². The summed E-state index contributed by atoms with van der Waals surface area (Å²) in [6.45, 7) is 21.4. The lowest BCUT2D eigenvalue weighted by Gasteiger charge is -2.60. The topological polar surface area (TPSA) is 426 Å². The largest absolute Gasteiger partial charge is 0.492 e. The number of aliphatic hydroxyl groups is 5. The molecule has 0 aromatic heterocycles. The molecule has 111 heavy (non-hydrogen) atoms. The molecule has 30 nitrogen and oxygen atoms in total. The summed E-state index contributed by atoms with van der Waals surface area (Å²) in [6, 6.07) is -2.57. The van der Waals surface area contributed by atoms with E-state index in [0.29, 0.717) is 39.7 Å². The molecule has 2 saturated carbocycles. The van der Waals surface area contributed by atoms with Gasteiger partial charge in [0.05, 0.1) is 89.1 Å². The maximum absolute atomic E-state index is 14.6. The van der Waals surface area contributed by atoms with E-state index in [0.717, 1.165) is 11.8 Å². The molecule has 1 aromatic carbocycles. The third-order valence-corrected chi connectivity index (χ3v) is 27.8. The number of aliphatic carboxylic acids is 1. The van der Waals surface area contributed by atoms with Gasteiger partial charge in [0.1, 0.15) is 59.6 Å². The van der Waals surface area contributed by atoms with Crippen LogP contribution in [0.15, 0.2) is 23.3 Å². The molecular formula is C77H112IN5O25S3. The fourth-order valence-electron chi connectivity index (χ4n) is 16.0. The molecule has 7 aliphatic rings. The van der Waals surface area contributed by atoms with Gasteiger partial charge in [0.2, 0.25) is 23.1 Å². The van der Waals surface area contributed by atoms with Crippen molar-refractivity contribution >= 4 is 96.3 Å². The number of nitrogens with two attached hydrogens (primary N) is 1. The van der Waals surface area contributed by atoms with Crippen molar-refractivity contribution in [2.75, 3.05) is 53.9 Å². The monoisotopic (exact) mass is 1730 g/mol. The fourth-order valence-corrected chi connectivity index (χ4v) is 20.4. The van der Waals surface area contributed by atoms with E-state index in [9.17, 15) is 64.2 Å². The Labute approximate surface area is 675 Å². The first-order chi connectivity index (χ1) is 52.4. The van der Waals surface area contributed by atoms with Gasteiger partial charge in [0.15, 0.2) is 30.4 Å². The second-order valence-electron chi connectivity index (χ2n) is 30.4. The highest BCUT2D eigenvalue weighted by Crippen LogP contribution is 2.70. The molecule has 34 heteroatoms. The van der Waals surface area contributed by atoms with Crippen molar-refractivity contribution in [3.8, 4) is 40.9 Å². The van der Waals surface area contributed by atoms with Gasteiger partial charge in [0.25, 0.3) is 0 Å². The summed E-state index contributed by atoms with van der Waals surface area (Å²) in [5, 5.41) is 78.3. The minimum atomic E-state index is -1.95. The summed E-state index contributed by atoms with van der Waals surface area (Å²) in [6.07, 6.45) is -13.3. The number of rotatable bonds is 37. The molecule has 8 rings (SSSR count). The Bertz CT molecular complexity index is 3670. The molecule has 6 fully saturated rings. The Morgan fingerprint density at radius 2 is 1.57 bits per heavy atom. The molecule has 0 radical (unpaired) electrons. The zero-order chi connectivity index (χ0) is 81.9. The predicted octanol–water partition coefficient (Wildman–Crippen LogP) is 5.35. The van der Waals surface area contributed by atoms with Crippen LogP contribution in [0.2, 0.25) is 0 Å². The zero-order valence-electron chi connectivity index (χ0n) is 65.8. The number of carbonyl (C=O) groups excluding carboxylic acids is 6. The second kappa shape index (κ2) is 40.4. The Morgan fingerprint density at radius 3 is 2.19 bits per heavy atom. The van der Waals surface area contributed by atoms with E-state index in [1.807, 2.05) is 43.4 Å². The number of likely N-dealkylation sites (N-methyl/N-ethyl adjacent to an activating group) is 1. The number of primary amides is 1. The molecule has 4 aliphatic heterocycles. The van der Waals surface area contributed by atoms with Gasteiger partial charge in [-0.3, -0.25) is 24.0 Å². The molecule has 3 amide bonds. The van der Waals surface area contributed by atoms with E-state index in [1.54, 1.807) is 67.7 Å². The highest BCUT2D eigenvalue weighted by atomic mass is 127. The van der Waals surface area contributed by atoms with Crippen molar-refractivity contribution in [1.29, 1.82) is 0 Å². The van der Waals surface area contributed by atoms with E-state index < -0.39 is 178 Å². The van der Waals surface area contributed by atoms with Crippen molar-refractivity contribution in [3.63, 3.8) is 0 Å². The van der Waals surface area contributed by atoms with Crippen molar-refractivity contribution in [3.05, 3.63) is 38.0 Å². The highest BCUT2D eigenvalue weighted by Gasteiger charge is 2.78. The number of carboxylic acid groups (broad SMARTS) is 1. The minimum Gasteiger partial charge on any atom is -0.492 e. The summed E-state index contributed by atoms with van der Waals surface area (Å²) in [4.78, 5) is 99.5. The van der Waals surface area contributed by atoms with E-state index in [2.05, 4.69) is 45.1 Å². The lowest BCUT2D eigenvalue weighted by molar-refractivity contribution is -0.342. The van der Waals surface area contributed by atoms with Gasteiger partial charge in [0, 0.05) is 92.7 Å². The molecule has 1 aromatic rings. The Kier molecular flexibility index (Phi) is 33.4. The number of benzene rings is 1. The van der Waals surface area contributed by atoms with E-state index in [1.165, 1.54) is 56.8 Å². The first-order valence-electron chi connectivity index (χ1n) is 37.6. The molecular weight excluding hydrogens is 1620 g/mol. The summed E-state index contributed by atoms with van der Waals surface area (Å²) >= 11 is 2.81. The number of urea groups is 1. The second-order valence-corrected chi connectivity index (χ2v) is 35.6. The Morgan fingerprint density at radius 1 is 0.865 bits per heavy atom. The van der Waals surface area contributed by atoms with Crippen LogP contribution in [0.25, 0.3) is 0 Å². The van der Waals surface area contributed by atoms with Crippen LogP contribution in [0.4, 0.5) is 4.79 Å². The van der Waals surface area contributed by atoms with Crippen LogP contribution in [0, 0.1) is 69.2 Å². The zero-order valence-corrected chi connectivity index (χ0v) is 70.4. The summed E-state index contributed by atoms with van der Waals surface area (Å²) < 4.78 is 67.8. The number of ether oxygens (including phenoxy) is 11. The summed E-state index contributed by atoms with van der Waals surface area (Å²) in [5.41, 5.74) is 5.98. The van der Waals surface area contributed by atoms with Gasteiger partial charge in [-0.2, -0.15) is 5.48 Å². The summed E-state index contributed by atoms with van der Waals surface area (Å²) in [5.74, 6) is 6.83. The number of hydroxylamine groups is 1. The molecule has 25 atom stereocenters. The molecule has 3 aliphatic carbocycles. The number of carbonyl (C=O) groups is 7. The van der Waals surface area contributed by atoms with Crippen LogP contribution < -0.4 is 41.4 Å². The molecule has 3 unspecified atom stereocenters. The number of hydrogen-bond acceptors (Lipinski definition) is 29. The number of halogens is 1. The molecule has 0 bridgehead atoms. The molecule has 4 saturated heterocycles. The average molecular weight is 1730 g/mol. The van der Waals surface area contributed by atoms with Crippen molar-refractivity contribution in [2.24, 2.45) is 40.7 Å². The smallest absolute Gasteiger partial charge is 0.312 e. The quantitative estimate of drug-likeness (QED) is 0.00998. The highest BCUT2D eigenvalue weighted by molar-refractivity contribution is 14.1. The Balaban J connectivity index is 1.03. The SMILES string of the molecule is CCN[C@H]1CO[C@@H](O[C@H]2[C@H](O[C@H]3C#C/C=C(/C)C#CC45C(CC(C)=O)C(=O)C[C@]4(O)/C(=C/CSSC(C)(C)[C@H](CC[C@H](CCCNC(N)=O)NC(=O)[C@@H](CC(C)=O)C(C)C)C(=O)O)C35)O[C@H](C)[C@@H](NO[C@H]3C[C@H](O)[C@H](SC(=O)c4c(C)c(I)c(O[C@@H]5O[C@@H](C)[C@H](O)[C@@H](OC)[C@H]5O)c(OC)c4OC)[C@@H](C)O3)[C@@H]2O)C[C@@H]1OC. The minimum absolute atomic E-state index is 0.00735. The third-order valence-electron chi connectivity index (χ3n) is 21.9. The van der Waals surface area contributed by atoms with Gasteiger partial charge in [-0.05, 0) is 140 Å². The van der Waals surface area contributed by atoms with Gasteiger partial charge in [-0.25, -0.2) is 4.79 Å². The lowest BCUT2D eigenvalue weighted by Crippen LogP contribution is -2.69. The number of amides is 3.